The molecule has 21 heavy (non-hydrogen) atoms. The van der Waals surface area contributed by atoms with Gasteiger partial charge in [0.05, 0.1) is 11.6 Å². The van der Waals surface area contributed by atoms with Crippen molar-refractivity contribution in [1.29, 1.82) is 0 Å². The Kier molecular flexibility index (Phi) is 4.88. The van der Waals surface area contributed by atoms with Crippen LogP contribution in [0.25, 0.3) is 0 Å². The number of hydrogen-bond donors (Lipinski definition) is 2. The summed E-state index contributed by atoms with van der Waals surface area (Å²) in [6.07, 6.45) is -2.48. The molecule has 1 fully saturated rings. The second-order valence-corrected chi connectivity index (χ2v) is 5.55. The molecule has 0 spiro atoms. The van der Waals surface area contributed by atoms with Crippen LogP contribution in [0.2, 0.25) is 0 Å². The van der Waals surface area contributed by atoms with E-state index in [1.54, 1.807) is 0 Å². The Bertz CT molecular complexity index is 485. The van der Waals surface area contributed by atoms with E-state index in [1.165, 1.54) is 12.1 Å². The zero-order valence-corrected chi connectivity index (χ0v) is 11.8. The number of rotatable bonds is 3. The van der Waals surface area contributed by atoms with Crippen molar-refractivity contribution in [3.63, 3.8) is 0 Å². The molecule has 2 atom stereocenters. The molecule has 3 nitrogen and oxygen atoms in total. The van der Waals surface area contributed by atoms with Gasteiger partial charge in [-0.2, -0.15) is 13.2 Å². The minimum atomic E-state index is -4.33. The minimum Gasteiger partial charge on any atom is -0.351 e. The Morgan fingerprint density at radius 3 is 2.57 bits per heavy atom. The van der Waals surface area contributed by atoms with Crippen molar-refractivity contribution in [3.8, 4) is 0 Å². The van der Waals surface area contributed by atoms with Crippen molar-refractivity contribution in [1.82, 2.24) is 10.6 Å². The maximum absolute atomic E-state index is 12.4. The van der Waals surface area contributed by atoms with Gasteiger partial charge in [0.2, 0.25) is 5.91 Å². The second kappa shape index (κ2) is 6.47. The van der Waals surface area contributed by atoms with Crippen LogP contribution in [0.4, 0.5) is 13.2 Å². The smallest absolute Gasteiger partial charge is 0.351 e. The van der Waals surface area contributed by atoms with Gasteiger partial charge in [-0.15, -0.1) is 0 Å². The Hall–Kier alpha value is -1.56. The van der Waals surface area contributed by atoms with E-state index in [9.17, 15) is 18.0 Å². The molecule has 0 aliphatic carbocycles. The molecule has 1 aromatic rings. The average Bonchev–Trinajstić information content (AvgIpc) is 2.44. The largest absolute Gasteiger partial charge is 0.416 e. The molecule has 2 N–H and O–H groups in total. The van der Waals surface area contributed by atoms with Gasteiger partial charge < -0.3 is 10.6 Å². The number of nitrogens with one attached hydrogen (secondary N) is 2. The standard InChI is InChI=1S/C15H19F3N2O/c1-10-6-7-19-13(8-10)14(21)20-9-11-2-4-12(5-3-11)15(16,17)18/h2-5,10,13,19H,6-9H2,1H3,(H,20,21). The topological polar surface area (TPSA) is 41.1 Å². The van der Waals surface area contributed by atoms with E-state index in [4.69, 9.17) is 0 Å². The summed E-state index contributed by atoms with van der Waals surface area (Å²) in [5.41, 5.74) is -0.0273. The van der Waals surface area contributed by atoms with Crippen molar-refractivity contribution >= 4 is 5.91 Å². The van der Waals surface area contributed by atoms with Crippen molar-refractivity contribution in [2.75, 3.05) is 6.54 Å². The summed E-state index contributed by atoms with van der Waals surface area (Å²) in [6, 6.07) is 4.63. The molecule has 1 amide bonds. The number of piperidine rings is 1. The molecule has 1 aliphatic heterocycles. The maximum atomic E-state index is 12.4. The highest BCUT2D eigenvalue weighted by atomic mass is 19.4. The maximum Gasteiger partial charge on any atom is 0.416 e. The van der Waals surface area contributed by atoms with Crippen LogP contribution < -0.4 is 10.6 Å². The number of carbonyl (C=O) groups excluding carboxylic acids is 1. The molecule has 1 saturated heterocycles. The van der Waals surface area contributed by atoms with Crippen molar-refractivity contribution < 1.29 is 18.0 Å². The highest BCUT2D eigenvalue weighted by Gasteiger charge is 2.30. The Morgan fingerprint density at radius 2 is 2.00 bits per heavy atom. The monoisotopic (exact) mass is 300 g/mol. The molecule has 1 aliphatic rings. The molecular weight excluding hydrogens is 281 g/mol. The zero-order chi connectivity index (χ0) is 15.5. The molecule has 1 heterocycles. The SMILES string of the molecule is CC1CCNC(C(=O)NCc2ccc(C(F)(F)F)cc2)C1. The third-order valence-electron chi connectivity index (χ3n) is 3.73. The average molecular weight is 300 g/mol. The molecule has 116 valence electrons. The number of hydrogen-bond acceptors (Lipinski definition) is 2. The van der Waals surface area contributed by atoms with Gasteiger partial charge in [-0.05, 0) is 43.0 Å². The first-order chi connectivity index (χ1) is 9.86. The van der Waals surface area contributed by atoms with Gasteiger partial charge in [0.15, 0.2) is 0 Å². The van der Waals surface area contributed by atoms with Crippen LogP contribution in [0.5, 0.6) is 0 Å². The molecule has 0 radical (unpaired) electrons. The van der Waals surface area contributed by atoms with Crippen molar-refractivity contribution in [2.45, 2.75) is 38.5 Å². The van der Waals surface area contributed by atoms with Crippen LogP contribution in [-0.2, 0) is 17.5 Å². The van der Waals surface area contributed by atoms with Gasteiger partial charge in [-0.1, -0.05) is 19.1 Å². The summed E-state index contributed by atoms with van der Waals surface area (Å²) >= 11 is 0. The van der Waals surface area contributed by atoms with Gasteiger partial charge in [0.25, 0.3) is 0 Å². The lowest BCUT2D eigenvalue weighted by molar-refractivity contribution is -0.137. The molecule has 0 bridgehead atoms. The number of benzene rings is 1. The highest BCUT2D eigenvalue weighted by Crippen LogP contribution is 2.29. The number of carbonyl (C=O) groups is 1. The fourth-order valence-electron chi connectivity index (χ4n) is 2.43. The van der Waals surface area contributed by atoms with E-state index < -0.39 is 11.7 Å². The van der Waals surface area contributed by atoms with E-state index in [0.717, 1.165) is 31.5 Å². The Morgan fingerprint density at radius 1 is 1.33 bits per heavy atom. The second-order valence-electron chi connectivity index (χ2n) is 5.55. The first-order valence-electron chi connectivity index (χ1n) is 7.03. The fraction of sp³-hybridized carbons (Fsp3) is 0.533. The molecule has 1 aromatic carbocycles. The lowest BCUT2D eigenvalue weighted by Crippen LogP contribution is -2.48. The Balaban J connectivity index is 1.86. The van der Waals surface area contributed by atoms with Crippen molar-refractivity contribution in [2.24, 2.45) is 5.92 Å². The number of alkyl halides is 3. The molecule has 0 saturated carbocycles. The first kappa shape index (κ1) is 15.8. The van der Waals surface area contributed by atoms with Crippen LogP contribution in [0.3, 0.4) is 0 Å². The fourth-order valence-corrected chi connectivity index (χ4v) is 2.43. The third kappa shape index (κ3) is 4.46. The third-order valence-corrected chi connectivity index (χ3v) is 3.73. The van der Waals surface area contributed by atoms with Gasteiger partial charge in [-0.25, -0.2) is 0 Å². The lowest BCUT2D eigenvalue weighted by Gasteiger charge is -2.27. The van der Waals surface area contributed by atoms with Gasteiger partial charge in [-0.3, -0.25) is 4.79 Å². The normalized spacial score (nSPS) is 22.9. The van der Waals surface area contributed by atoms with Gasteiger partial charge in [0.1, 0.15) is 0 Å². The van der Waals surface area contributed by atoms with E-state index in [2.05, 4.69) is 17.6 Å². The number of halogens is 3. The minimum absolute atomic E-state index is 0.0959. The summed E-state index contributed by atoms with van der Waals surface area (Å²) in [4.78, 5) is 12.0. The highest BCUT2D eigenvalue weighted by molar-refractivity contribution is 5.81. The van der Waals surface area contributed by atoms with Crippen molar-refractivity contribution in [3.05, 3.63) is 35.4 Å². The first-order valence-corrected chi connectivity index (χ1v) is 7.03. The predicted octanol–water partition coefficient (Wildman–Crippen LogP) is 2.71. The molecule has 2 rings (SSSR count). The summed E-state index contributed by atoms with van der Waals surface area (Å²) < 4.78 is 37.3. The summed E-state index contributed by atoms with van der Waals surface area (Å²) in [5.74, 6) is 0.412. The van der Waals surface area contributed by atoms with Crippen LogP contribution in [-0.4, -0.2) is 18.5 Å². The number of amides is 1. The van der Waals surface area contributed by atoms with E-state index in [0.29, 0.717) is 11.5 Å². The van der Waals surface area contributed by atoms with E-state index in [-0.39, 0.29) is 18.5 Å². The van der Waals surface area contributed by atoms with E-state index in [1.807, 2.05) is 0 Å². The predicted molar refractivity (Wildman–Crippen MR) is 73.5 cm³/mol. The van der Waals surface area contributed by atoms with Crippen LogP contribution in [0.15, 0.2) is 24.3 Å². The van der Waals surface area contributed by atoms with Crippen LogP contribution in [0.1, 0.15) is 30.9 Å². The van der Waals surface area contributed by atoms with Gasteiger partial charge >= 0.3 is 6.18 Å². The summed E-state index contributed by atoms with van der Waals surface area (Å²) in [6.45, 7) is 3.17. The van der Waals surface area contributed by atoms with Crippen LogP contribution in [0, 0.1) is 5.92 Å². The quantitative estimate of drug-likeness (QED) is 0.901. The Labute approximate surface area is 121 Å². The summed E-state index contributed by atoms with van der Waals surface area (Å²) in [7, 11) is 0. The van der Waals surface area contributed by atoms with E-state index >= 15 is 0 Å². The molecule has 2 unspecified atom stereocenters. The molecular formula is C15H19F3N2O. The molecule has 0 aromatic heterocycles. The van der Waals surface area contributed by atoms with Gasteiger partial charge in [0, 0.05) is 6.54 Å². The summed E-state index contributed by atoms with van der Waals surface area (Å²) in [5, 5.41) is 5.92. The lowest BCUT2D eigenvalue weighted by atomic mass is 9.94. The van der Waals surface area contributed by atoms with Crippen LogP contribution >= 0.6 is 0 Å². The zero-order valence-electron chi connectivity index (χ0n) is 11.8. The molecule has 6 heteroatoms.